The first-order valence-electron chi connectivity index (χ1n) is 12.2. The van der Waals surface area contributed by atoms with Crippen molar-refractivity contribution in [3.63, 3.8) is 0 Å². The van der Waals surface area contributed by atoms with E-state index in [0.717, 1.165) is 0 Å². The van der Waals surface area contributed by atoms with E-state index in [4.69, 9.17) is 9.47 Å². The number of methoxy groups -OCH3 is 1. The van der Waals surface area contributed by atoms with Crippen molar-refractivity contribution in [1.82, 2.24) is 20.0 Å². The molecular weight excluding hydrogens is 488 g/mol. The fraction of sp³-hybridized carbons (Fsp3) is 0.625. The molecule has 5 N–H and O–H groups in total. The third-order valence-corrected chi connectivity index (χ3v) is 6.15. The number of aliphatic hydroxyl groups excluding tert-OH is 1. The minimum atomic E-state index is -1.38. The van der Waals surface area contributed by atoms with Crippen molar-refractivity contribution >= 4 is 17.9 Å². The van der Waals surface area contributed by atoms with Gasteiger partial charge in [-0.3, -0.25) is 29.1 Å². The van der Waals surface area contributed by atoms with Crippen LogP contribution in [-0.4, -0.2) is 137 Å². The van der Waals surface area contributed by atoms with Crippen LogP contribution in [0.25, 0.3) is 0 Å². The number of carbonyl (C=O) groups is 3. The number of rotatable bonds is 11. The van der Waals surface area contributed by atoms with Crippen molar-refractivity contribution in [3.05, 3.63) is 24.3 Å². The molecular formula is C24H38N4O9. The maximum Gasteiger partial charge on any atom is 0.317 e. The van der Waals surface area contributed by atoms with Gasteiger partial charge in [-0.15, -0.1) is 0 Å². The van der Waals surface area contributed by atoms with Crippen LogP contribution in [0.1, 0.15) is 13.3 Å². The molecule has 1 aliphatic rings. The Kier molecular flexibility index (Phi) is 12.5. The Hall–Kier alpha value is -2.97. The third-order valence-electron chi connectivity index (χ3n) is 6.15. The van der Waals surface area contributed by atoms with Gasteiger partial charge in [-0.05, 0) is 30.7 Å². The fourth-order valence-electron chi connectivity index (χ4n) is 4.36. The van der Waals surface area contributed by atoms with Gasteiger partial charge in [0, 0.05) is 39.3 Å². The van der Waals surface area contributed by atoms with Crippen LogP contribution in [0.15, 0.2) is 24.3 Å². The van der Waals surface area contributed by atoms with Crippen molar-refractivity contribution in [1.29, 1.82) is 0 Å². The first-order chi connectivity index (χ1) is 17.6. The van der Waals surface area contributed by atoms with Crippen molar-refractivity contribution in [2.75, 3.05) is 66.0 Å². The second kappa shape index (κ2) is 15.3. The van der Waals surface area contributed by atoms with E-state index in [1.165, 1.54) is 16.9 Å². The van der Waals surface area contributed by atoms with Crippen LogP contribution in [0.2, 0.25) is 0 Å². The lowest BCUT2D eigenvalue weighted by atomic mass is 10.0. The average Bonchev–Trinajstić information content (AvgIpc) is 2.84. The summed E-state index contributed by atoms with van der Waals surface area (Å²) < 4.78 is 11.4. The SMILES string of the molecule is CCC(Oc1ccc(OC)cc1)C1C(O)N(CC(=O)O)CCNCCN(CC(=O)O)CCN1CC(=O)O. The number of aliphatic carboxylic acids is 3. The minimum Gasteiger partial charge on any atom is -0.497 e. The van der Waals surface area contributed by atoms with E-state index in [-0.39, 0.29) is 26.2 Å². The quantitative estimate of drug-likeness (QED) is 0.245. The highest BCUT2D eigenvalue weighted by Gasteiger charge is 2.39. The summed E-state index contributed by atoms with van der Waals surface area (Å²) in [7, 11) is 1.54. The Morgan fingerprint density at radius 2 is 1.46 bits per heavy atom. The maximum atomic E-state index is 11.8. The maximum absolute atomic E-state index is 11.8. The first-order valence-corrected chi connectivity index (χ1v) is 12.2. The molecule has 0 spiro atoms. The predicted molar refractivity (Wildman–Crippen MR) is 133 cm³/mol. The number of nitrogens with one attached hydrogen (secondary N) is 1. The molecule has 1 aromatic rings. The molecule has 0 radical (unpaired) electrons. The number of hydrogen-bond donors (Lipinski definition) is 5. The van der Waals surface area contributed by atoms with Gasteiger partial charge in [0.05, 0.1) is 32.8 Å². The van der Waals surface area contributed by atoms with Crippen LogP contribution in [0.3, 0.4) is 0 Å². The first kappa shape index (κ1) is 30.3. The Morgan fingerprint density at radius 3 is 2.03 bits per heavy atom. The Bertz CT molecular complexity index is 870. The average molecular weight is 527 g/mol. The zero-order valence-corrected chi connectivity index (χ0v) is 21.3. The molecule has 2 rings (SSSR count). The molecule has 1 aromatic carbocycles. The Balaban J connectivity index is 2.46. The van der Waals surface area contributed by atoms with E-state index in [0.29, 0.717) is 37.6 Å². The van der Waals surface area contributed by atoms with Gasteiger partial charge < -0.3 is 35.2 Å². The summed E-state index contributed by atoms with van der Waals surface area (Å²) >= 11 is 0. The molecule has 3 atom stereocenters. The van der Waals surface area contributed by atoms with E-state index in [1.54, 1.807) is 29.2 Å². The number of carboxylic acids is 3. The van der Waals surface area contributed by atoms with Crippen LogP contribution < -0.4 is 14.8 Å². The van der Waals surface area contributed by atoms with E-state index >= 15 is 0 Å². The number of hydrogen-bond acceptors (Lipinski definition) is 10. The summed E-state index contributed by atoms with van der Waals surface area (Å²) in [5.74, 6) is -2.18. The molecule has 1 saturated heterocycles. The lowest BCUT2D eigenvalue weighted by molar-refractivity contribution is -0.151. The molecule has 1 aliphatic heterocycles. The zero-order valence-electron chi connectivity index (χ0n) is 21.3. The number of aliphatic hydroxyl groups is 1. The zero-order chi connectivity index (χ0) is 27.4. The van der Waals surface area contributed by atoms with Gasteiger partial charge in [0.25, 0.3) is 0 Å². The highest BCUT2D eigenvalue weighted by molar-refractivity contribution is 5.70. The summed E-state index contributed by atoms with van der Waals surface area (Å²) in [5.41, 5.74) is 0. The van der Waals surface area contributed by atoms with Crippen LogP contribution in [0, 0.1) is 0 Å². The van der Waals surface area contributed by atoms with Crippen LogP contribution in [-0.2, 0) is 14.4 Å². The molecule has 1 fully saturated rings. The normalized spacial score (nSPS) is 21.8. The molecule has 0 saturated carbocycles. The molecule has 0 bridgehead atoms. The van der Waals surface area contributed by atoms with E-state index in [9.17, 15) is 34.8 Å². The number of ether oxygens (including phenoxy) is 2. The molecule has 208 valence electrons. The minimum absolute atomic E-state index is 0.116. The van der Waals surface area contributed by atoms with Crippen molar-refractivity contribution in [3.8, 4) is 11.5 Å². The molecule has 13 nitrogen and oxygen atoms in total. The molecule has 0 aliphatic carbocycles. The largest absolute Gasteiger partial charge is 0.497 e. The number of benzene rings is 1. The highest BCUT2D eigenvalue weighted by atomic mass is 16.5. The monoisotopic (exact) mass is 526 g/mol. The van der Waals surface area contributed by atoms with Crippen LogP contribution in [0.5, 0.6) is 11.5 Å². The summed E-state index contributed by atoms with van der Waals surface area (Å²) in [6, 6.07) is 5.87. The number of nitrogens with zero attached hydrogens (tertiary/aromatic N) is 3. The van der Waals surface area contributed by atoms with E-state index < -0.39 is 49.4 Å². The van der Waals surface area contributed by atoms with Crippen molar-refractivity contribution < 1.29 is 44.3 Å². The lowest BCUT2D eigenvalue weighted by Gasteiger charge is -2.43. The molecule has 37 heavy (non-hydrogen) atoms. The Labute approximate surface area is 216 Å². The summed E-state index contributed by atoms with van der Waals surface area (Å²) in [6.45, 7) is 2.40. The third kappa shape index (κ3) is 10.1. The lowest BCUT2D eigenvalue weighted by Crippen LogP contribution is -2.62. The summed E-state index contributed by atoms with van der Waals surface area (Å²) in [6.07, 6.45) is -1.72. The van der Waals surface area contributed by atoms with Gasteiger partial charge in [-0.2, -0.15) is 0 Å². The van der Waals surface area contributed by atoms with Crippen LogP contribution >= 0.6 is 0 Å². The van der Waals surface area contributed by atoms with Gasteiger partial charge in [0.15, 0.2) is 0 Å². The molecule has 1 heterocycles. The molecule has 3 unspecified atom stereocenters. The highest BCUT2D eigenvalue weighted by Crippen LogP contribution is 2.24. The van der Waals surface area contributed by atoms with Gasteiger partial charge in [0.1, 0.15) is 23.8 Å². The number of carboxylic acid groups (broad SMARTS) is 3. The van der Waals surface area contributed by atoms with Gasteiger partial charge in [-0.25, -0.2) is 0 Å². The van der Waals surface area contributed by atoms with Crippen molar-refractivity contribution in [2.45, 2.75) is 31.7 Å². The molecule has 13 heteroatoms. The second-order valence-electron chi connectivity index (χ2n) is 8.79. The van der Waals surface area contributed by atoms with Crippen LogP contribution in [0.4, 0.5) is 0 Å². The van der Waals surface area contributed by atoms with Crippen molar-refractivity contribution in [2.24, 2.45) is 0 Å². The van der Waals surface area contributed by atoms with Gasteiger partial charge >= 0.3 is 17.9 Å². The second-order valence-corrected chi connectivity index (χ2v) is 8.79. The summed E-state index contributed by atoms with van der Waals surface area (Å²) in [4.78, 5) is 39.4. The van der Waals surface area contributed by atoms with Gasteiger partial charge in [-0.1, -0.05) is 6.92 Å². The van der Waals surface area contributed by atoms with Gasteiger partial charge in [0.2, 0.25) is 0 Å². The molecule has 0 amide bonds. The smallest absolute Gasteiger partial charge is 0.317 e. The van der Waals surface area contributed by atoms with E-state index in [1.807, 2.05) is 6.92 Å². The fourth-order valence-corrected chi connectivity index (χ4v) is 4.36. The Morgan fingerprint density at radius 1 is 0.892 bits per heavy atom. The molecule has 0 aromatic heterocycles. The standard InChI is InChI=1S/C24H38N4O9/c1-3-19(37-18-6-4-17(36-2)5-7-18)23-24(35)28(16-22(33)34)11-9-25-8-10-26(14-20(29)30)12-13-27(23)15-21(31)32/h4-7,19,23-25,35H,3,8-16H2,1-2H3,(H,29,30)(H,31,32)(H,33,34). The summed E-state index contributed by atoms with van der Waals surface area (Å²) in [5, 5.41) is 43.1. The topological polar surface area (TPSA) is 172 Å². The predicted octanol–water partition coefficient (Wildman–Crippen LogP) is -0.697. The van der Waals surface area contributed by atoms with E-state index in [2.05, 4.69) is 5.32 Å².